The van der Waals surface area contributed by atoms with Crippen molar-refractivity contribution >= 4 is 5.97 Å². The van der Waals surface area contributed by atoms with Crippen LogP contribution < -0.4 is 0 Å². The number of rotatable bonds is 7. The molecule has 0 aliphatic carbocycles. The fraction of sp³-hybridized carbons (Fsp3) is 0.769. The lowest BCUT2D eigenvalue weighted by molar-refractivity contribution is -0.138. The smallest absolute Gasteiger partial charge is 0.333 e. The van der Waals surface area contributed by atoms with E-state index in [0.29, 0.717) is 6.61 Å². The zero-order valence-corrected chi connectivity index (χ0v) is 10.6. The van der Waals surface area contributed by atoms with Gasteiger partial charge in [0.1, 0.15) is 0 Å². The summed E-state index contributed by atoms with van der Waals surface area (Å²) in [4.78, 5) is 11.4. The number of hydrogen-bond acceptors (Lipinski definition) is 2. The summed E-state index contributed by atoms with van der Waals surface area (Å²) in [7, 11) is 0. The summed E-state index contributed by atoms with van der Waals surface area (Å²) < 4.78 is 4.96. The summed E-state index contributed by atoms with van der Waals surface area (Å²) in [5, 5.41) is 0. The van der Waals surface area contributed by atoms with Crippen LogP contribution in [0.3, 0.4) is 0 Å². The molecule has 0 aromatic heterocycles. The molecule has 0 radical (unpaired) electrons. The van der Waals surface area contributed by atoms with Crippen molar-refractivity contribution in [3.8, 4) is 0 Å². The van der Waals surface area contributed by atoms with Gasteiger partial charge in [0.2, 0.25) is 0 Å². The molecule has 0 unspecified atom stereocenters. The van der Waals surface area contributed by atoms with Crippen LogP contribution in [-0.2, 0) is 9.53 Å². The molecule has 15 heavy (non-hydrogen) atoms. The van der Waals surface area contributed by atoms with Gasteiger partial charge in [0.25, 0.3) is 0 Å². The number of ether oxygens (including phenoxy) is 1. The minimum atomic E-state index is -0.162. The van der Waals surface area contributed by atoms with E-state index in [2.05, 4.69) is 6.92 Å². The Labute approximate surface area is 93.7 Å². The lowest BCUT2D eigenvalue weighted by atomic mass is 10.0. The van der Waals surface area contributed by atoms with Gasteiger partial charge in [-0.05, 0) is 33.6 Å². The normalized spacial score (nSPS) is 12.3. The molecule has 0 aliphatic heterocycles. The van der Waals surface area contributed by atoms with Gasteiger partial charge in [-0.25, -0.2) is 4.79 Å². The van der Waals surface area contributed by atoms with Gasteiger partial charge in [0.05, 0.1) is 6.61 Å². The highest BCUT2D eigenvalue weighted by Crippen LogP contribution is 2.14. The van der Waals surface area contributed by atoms with Crippen molar-refractivity contribution < 1.29 is 9.53 Å². The molecule has 0 N–H and O–H groups in total. The Morgan fingerprint density at radius 2 is 1.73 bits per heavy atom. The van der Waals surface area contributed by atoms with Crippen LogP contribution in [0.1, 0.15) is 59.8 Å². The van der Waals surface area contributed by atoms with Gasteiger partial charge in [-0.15, -0.1) is 0 Å². The van der Waals surface area contributed by atoms with Gasteiger partial charge in [-0.3, -0.25) is 0 Å². The van der Waals surface area contributed by atoms with E-state index in [1.165, 1.54) is 31.3 Å². The van der Waals surface area contributed by atoms with Crippen molar-refractivity contribution in [1.82, 2.24) is 0 Å². The number of esters is 1. The molecular weight excluding hydrogens is 188 g/mol. The van der Waals surface area contributed by atoms with Crippen LogP contribution in [0.2, 0.25) is 0 Å². The highest BCUT2D eigenvalue weighted by molar-refractivity contribution is 5.88. The molecule has 0 fully saturated rings. The SMILES string of the molecule is CCCCCC/C(C)=C(/C)C(=O)OCC. The summed E-state index contributed by atoms with van der Waals surface area (Å²) in [6.07, 6.45) is 5.98. The predicted octanol–water partition coefficient (Wildman–Crippen LogP) is 3.86. The van der Waals surface area contributed by atoms with Gasteiger partial charge >= 0.3 is 5.97 Å². The second kappa shape index (κ2) is 8.51. The van der Waals surface area contributed by atoms with Crippen LogP contribution >= 0.6 is 0 Å². The van der Waals surface area contributed by atoms with E-state index in [4.69, 9.17) is 4.74 Å². The zero-order chi connectivity index (χ0) is 11.7. The number of carbonyl (C=O) groups is 1. The fourth-order valence-corrected chi connectivity index (χ4v) is 1.42. The first-order chi connectivity index (χ1) is 7.13. The van der Waals surface area contributed by atoms with E-state index >= 15 is 0 Å². The molecule has 0 spiro atoms. The maximum absolute atomic E-state index is 11.4. The van der Waals surface area contributed by atoms with E-state index in [1.807, 2.05) is 20.8 Å². The molecule has 0 aromatic carbocycles. The third kappa shape index (κ3) is 6.32. The number of hydrogen-bond donors (Lipinski definition) is 0. The Bertz CT molecular complexity index is 217. The number of carbonyl (C=O) groups excluding carboxylic acids is 1. The molecule has 0 amide bonds. The second-order valence-electron chi connectivity index (χ2n) is 3.94. The van der Waals surface area contributed by atoms with Crippen LogP contribution in [0.5, 0.6) is 0 Å². The van der Waals surface area contributed by atoms with E-state index in [0.717, 1.165) is 12.0 Å². The molecule has 0 aromatic rings. The summed E-state index contributed by atoms with van der Waals surface area (Å²) in [6, 6.07) is 0. The molecule has 0 atom stereocenters. The Morgan fingerprint density at radius 3 is 2.27 bits per heavy atom. The molecule has 0 saturated heterocycles. The molecule has 0 bridgehead atoms. The largest absolute Gasteiger partial charge is 0.463 e. The minimum absolute atomic E-state index is 0.162. The molecule has 2 nitrogen and oxygen atoms in total. The highest BCUT2D eigenvalue weighted by Gasteiger charge is 2.07. The van der Waals surface area contributed by atoms with Gasteiger partial charge in [-0.1, -0.05) is 31.8 Å². The second-order valence-corrected chi connectivity index (χ2v) is 3.94. The van der Waals surface area contributed by atoms with Crippen LogP contribution in [0, 0.1) is 0 Å². The Kier molecular flexibility index (Phi) is 8.06. The minimum Gasteiger partial charge on any atom is -0.463 e. The lowest BCUT2D eigenvalue weighted by Gasteiger charge is -2.07. The highest BCUT2D eigenvalue weighted by atomic mass is 16.5. The van der Waals surface area contributed by atoms with Crippen molar-refractivity contribution in [3.63, 3.8) is 0 Å². The molecular formula is C13H24O2. The van der Waals surface area contributed by atoms with Crippen LogP contribution in [0.25, 0.3) is 0 Å². The van der Waals surface area contributed by atoms with Crippen LogP contribution in [0.4, 0.5) is 0 Å². The van der Waals surface area contributed by atoms with Crippen molar-refractivity contribution in [2.24, 2.45) is 0 Å². The molecule has 0 heterocycles. The van der Waals surface area contributed by atoms with Gasteiger partial charge in [-0.2, -0.15) is 0 Å². The third-order valence-corrected chi connectivity index (χ3v) is 2.63. The average Bonchev–Trinajstić information content (AvgIpc) is 2.23. The maximum atomic E-state index is 11.4. The van der Waals surface area contributed by atoms with Crippen molar-refractivity contribution in [1.29, 1.82) is 0 Å². The standard InChI is InChI=1S/C13H24O2/c1-5-7-8-9-10-11(3)12(4)13(14)15-6-2/h5-10H2,1-4H3/b12-11-. The third-order valence-electron chi connectivity index (χ3n) is 2.63. The van der Waals surface area contributed by atoms with E-state index < -0.39 is 0 Å². The fourth-order valence-electron chi connectivity index (χ4n) is 1.42. The molecule has 88 valence electrons. The molecule has 2 heteroatoms. The van der Waals surface area contributed by atoms with E-state index in [1.54, 1.807) is 0 Å². The lowest BCUT2D eigenvalue weighted by Crippen LogP contribution is -2.07. The molecule has 0 saturated carbocycles. The summed E-state index contributed by atoms with van der Waals surface area (Å²) in [6.45, 7) is 8.37. The predicted molar refractivity (Wildman–Crippen MR) is 63.8 cm³/mol. The van der Waals surface area contributed by atoms with Gasteiger partial charge in [0, 0.05) is 5.57 Å². The first-order valence-corrected chi connectivity index (χ1v) is 5.96. The zero-order valence-electron chi connectivity index (χ0n) is 10.6. The summed E-state index contributed by atoms with van der Waals surface area (Å²) >= 11 is 0. The van der Waals surface area contributed by atoms with Crippen molar-refractivity contribution in [3.05, 3.63) is 11.1 Å². The Morgan fingerprint density at radius 1 is 1.07 bits per heavy atom. The first-order valence-electron chi connectivity index (χ1n) is 5.96. The number of allylic oxidation sites excluding steroid dienone is 1. The van der Waals surface area contributed by atoms with Crippen LogP contribution in [0.15, 0.2) is 11.1 Å². The molecule has 0 aliphatic rings. The Hall–Kier alpha value is -0.790. The first kappa shape index (κ1) is 14.2. The van der Waals surface area contributed by atoms with Crippen molar-refractivity contribution in [2.75, 3.05) is 6.61 Å². The van der Waals surface area contributed by atoms with E-state index in [-0.39, 0.29) is 5.97 Å². The maximum Gasteiger partial charge on any atom is 0.333 e. The topological polar surface area (TPSA) is 26.3 Å². The molecule has 0 rings (SSSR count). The van der Waals surface area contributed by atoms with E-state index in [9.17, 15) is 4.79 Å². The Balaban J connectivity index is 3.97. The average molecular weight is 212 g/mol. The van der Waals surface area contributed by atoms with Gasteiger partial charge in [0.15, 0.2) is 0 Å². The van der Waals surface area contributed by atoms with Gasteiger partial charge < -0.3 is 4.74 Å². The number of unbranched alkanes of at least 4 members (excludes halogenated alkanes) is 3. The summed E-state index contributed by atoms with van der Waals surface area (Å²) in [5.74, 6) is -0.162. The quantitative estimate of drug-likeness (QED) is 0.364. The summed E-state index contributed by atoms with van der Waals surface area (Å²) in [5.41, 5.74) is 1.96. The monoisotopic (exact) mass is 212 g/mol. The van der Waals surface area contributed by atoms with Crippen molar-refractivity contribution in [2.45, 2.75) is 59.8 Å². The van der Waals surface area contributed by atoms with Crippen LogP contribution in [-0.4, -0.2) is 12.6 Å².